The Morgan fingerprint density at radius 2 is 1.69 bits per heavy atom. The first-order chi connectivity index (χ1) is 14.0. The highest BCUT2D eigenvalue weighted by atomic mass is 19.1. The summed E-state index contributed by atoms with van der Waals surface area (Å²) in [5, 5.41) is 9.88. The fraction of sp³-hybridized carbons (Fsp3) is 0.417. The topological polar surface area (TPSA) is 57.6 Å². The Morgan fingerprint density at radius 1 is 1.03 bits per heavy atom. The Hall–Kier alpha value is -2.69. The second-order valence-electron chi connectivity index (χ2n) is 8.43. The second-order valence-corrected chi connectivity index (χ2v) is 8.43. The van der Waals surface area contributed by atoms with Gasteiger partial charge in [0.25, 0.3) is 5.91 Å². The lowest BCUT2D eigenvalue weighted by atomic mass is 9.67. The molecule has 1 amide bonds. The number of nitrogens with zero attached hydrogens (tertiary/aromatic N) is 1. The number of benzene rings is 2. The first-order valence-electron chi connectivity index (χ1n) is 10.4. The van der Waals surface area contributed by atoms with Crippen molar-refractivity contribution in [1.29, 1.82) is 0 Å². The maximum Gasteiger partial charge on any atom is 0.309 e. The second kappa shape index (κ2) is 7.97. The van der Waals surface area contributed by atoms with Crippen molar-refractivity contribution < 1.29 is 19.1 Å². The summed E-state index contributed by atoms with van der Waals surface area (Å²) in [5.41, 5.74) is 1.43. The minimum absolute atomic E-state index is 0.0902. The Bertz CT molecular complexity index is 897. The van der Waals surface area contributed by atoms with Gasteiger partial charge in [0, 0.05) is 18.7 Å². The van der Waals surface area contributed by atoms with Gasteiger partial charge in [0.15, 0.2) is 0 Å². The van der Waals surface area contributed by atoms with Gasteiger partial charge in [0.05, 0.1) is 5.41 Å². The fourth-order valence-electron chi connectivity index (χ4n) is 4.61. The molecule has 29 heavy (non-hydrogen) atoms. The summed E-state index contributed by atoms with van der Waals surface area (Å²) < 4.78 is 13.3. The number of hydrogen-bond acceptors (Lipinski definition) is 2. The van der Waals surface area contributed by atoms with Gasteiger partial charge in [-0.15, -0.1) is 0 Å². The van der Waals surface area contributed by atoms with Crippen molar-refractivity contribution in [2.24, 2.45) is 11.3 Å². The van der Waals surface area contributed by atoms with E-state index in [-0.39, 0.29) is 11.7 Å². The molecule has 1 N–H and O–H groups in total. The normalized spacial score (nSPS) is 18.9. The molecule has 2 aromatic rings. The van der Waals surface area contributed by atoms with Crippen LogP contribution in [0.5, 0.6) is 0 Å². The van der Waals surface area contributed by atoms with Gasteiger partial charge in [0.1, 0.15) is 5.82 Å². The predicted octanol–water partition coefficient (Wildman–Crippen LogP) is 4.99. The lowest BCUT2D eigenvalue weighted by Gasteiger charge is -2.42. The Labute approximate surface area is 170 Å². The van der Waals surface area contributed by atoms with Crippen molar-refractivity contribution in [2.75, 3.05) is 13.1 Å². The molecule has 2 aliphatic rings. The van der Waals surface area contributed by atoms with Crippen LogP contribution in [-0.2, 0) is 4.79 Å². The minimum atomic E-state index is -0.719. The van der Waals surface area contributed by atoms with Crippen LogP contribution in [0.2, 0.25) is 0 Å². The highest BCUT2D eigenvalue weighted by Gasteiger charge is 2.44. The standard InChI is InChI=1S/C24H26FNO3/c25-19-10-8-18(9-11-19)20-6-1-2-7-21(20)22(27)26-14-12-24(13-15-26,23(28)29)16-17-4-3-5-17/h1-2,6-11,17H,3-5,12-16H2,(H,28,29). The zero-order valence-electron chi connectivity index (χ0n) is 16.4. The maximum absolute atomic E-state index is 13.3. The van der Waals surface area contributed by atoms with E-state index in [1.54, 1.807) is 23.1 Å². The maximum atomic E-state index is 13.3. The molecule has 0 unspecified atom stereocenters. The molecule has 2 fully saturated rings. The van der Waals surface area contributed by atoms with E-state index >= 15 is 0 Å². The van der Waals surface area contributed by atoms with E-state index in [1.165, 1.54) is 18.6 Å². The number of carboxylic acids is 1. The van der Waals surface area contributed by atoms with Crippen molar-refractivity contribution in [3.63, 3.8) is 0 Å². The Morgan fingerprint density at radius 3 is 2.28 bits per heavy atom. The van der Waals surface area contributed by atoms with Crippen molar-refractivity contribution >= 4 is 11.9 Å². The van der Waals surface area contributed by atoms with Gasteiger partial charge in [-0.25, -0.2) is 4.39 Å². The molecule has 1 saturated carbocycles. The number of halogens is 1. The molecule has 0 atom stereocenters. The highest BCUT2D eigenvalue weighted by molar-refractivity contribution is 6.01. The summed E-state index contributed by atoms with van der Waals surface area (Å²) in [7, 11) is 0. The fourth-order valence-corrected chi connectivity index (χ4v) is 4.61. The van der Waals surface area contributed by atoms with Crippen LogP contribution >= 0.6 is 0 Å². The van der Waals surface area contributed by atoms with E-state index in [2.05, 4.69) is 0 Å². The molecule has 152 valence electrons. The lowest BCUT2D eigenvalue weighted by Crippen LogP contribution is -2.47. The number of likely N-dealkylation sites (tertiary alicyclic amines) is 1. The SMILES string of the molecule is O=C(c1ccccc1-c1ccc(F)cc1)N1CCC(CC2CCC2)(C(=O)O)CC1. The van der Waals surface area contributed by atoms with Crippen molar-refractivity contribution in [2.45, 2.75) is 38.5 Å². The van der Waals surface area contributed by atoms with Crippen LogP contribution < -0.4 is 0 Å². The summed E-state index contributed by atoms with van der Waals surface area (Å²) in [6.07, 6.45) is 5.19. The number of piperidine rings is 1. The molecule has 4 nitrogen and oxygen atoms in total. The molecule has 1 aliphatic carbocycles. The number of carbonyl (C=O) groups is 2. The number of rotatable bonds is 5. The van der Waals surface area contributed by atoms with E-state index in [1.807, 2.05) is 18.2 Å². The quantitative estimate of drug-likeness (QED) is 0.776. The van der Waals surface area contributed by atoms with Gasteiger partial charge in [0.2, 0.25) is 0 Å². The average molecular weight is 395 g/mol. The van der Waals surface area contributed by atoms with Crippen LogP contribution in [0.3, 0.4) is 0 Å². The summed E-state index contributed by atoms with van der Waals surface area (Å²) in [6, 6.07) is 13.5. The van der Waals surface area contributed by atoms with Crippen molar-refractivity contribution in [3.05, 3.63) is 59.9 Å². The van der Waals surface area contributed by atoms with Crippen LogP contribution in [0.25, 0.3) is 11.1 Å². The molecule has 0 radical (unpaired) electrons. The predicted molar refractivity (Wildman–Crippen MR) is 109 cm³/mol. The Kier molecular flexibility index (Phi) is 5.39. The third kappa shape index (κ3) is 3.91. The van der Waals surface area contributed by atoms with Crippen LogP contribution in [0.4, 0.5) is 4.39 Å². The van der Waals surface area contributed by atoms with E-state index in [0.717, 1.165) is 30.4 Å². The molecule has 1 heterocycles. The molecule has 4 rings (SSSR count). The first-order valence-corrected chi connectivity index (χ1v) is 10.4. The van der Waals surface area contributed by atoms with Crippen molar-refractivity contribution in [1.82, 2.24) is 4.90 Å². The summed E-state index contributed by atoms with van der Waals surface area (Å²) in [5.74, 6) is -0.603. The van der Waals surface area contributed by atoms with E-state index in [4.69, 9.17) is 0 Å². The monoisotopic (exact) mass is 395 g/mol. The number of aliphatic carboxylic acids is 1. The molecular formula is C24H26FNO3. The molecule has 0 spiro atoms. The van der Waals surface area contributed by atoms with E-state index in [0.29, 0.717) is 37.4 Å². The molecule has 1 saturated heterocycles. The molecule has 1 aliphatic heterocycles. The molecule has 0 bridgehead atoms. The molecule has 5 heteroatoms. The van der Waals surface area contributed by atoms with Gasteiger partial charge < -0.3 is 10.0 Å². The van der Waals surface area contributed by atoms with Gasteiger partial charge >= 0.3 is 5.97 Å². The van der Waals surface area contributed by atoms with Crippen molar-refractivity contribution in [3.8, 4) is 11.1 Å². The minimum Gasteiger partial charge on any atom is -0.481 e. The average Bonchev–Trinajstić information content (AvgIpc) is 2.71. The summed E-state index contributed by atoms with van der Waals surface area (Å²) in [6.45, 7) is 0.908. The van der Waals surface area contributed by atoms with Crippen LogP contribution in [-0.4, -0.2) is 35.0 Å². The number of amides is 1. The molecular weight excluding hydrogens is 369 g/mol. The van der Waals surface area contributed by atoms with Crippen LogP contribution in [0.15, 0.2) is 48.5 Å². The number of hydrogen-bond donors (Lipinski definition) is 1. The van der Waals surface area contributed by atoms with Crippen LogP contribution in [0.1, 0.15) is 48.9 Å². The zero-order chi connectivity index (χ0) is 20.4. The van der Waals surface area contributed by atoms with Gasteiger partial charge in [-0.1, -0.05) is 49.6 Å². The van der Waals surface area contributed by atoms with Gasteiger partial charge in [-0.3, -0.25) is 9.59 Å². The van der Waals surface area contributed by atoms with Crippen LogP contribution in [0, 0.1) is 17.2 Å². The molecule has 0 aromatic heterocycles. The van der Waals surface area contributed by atoms with E-state index in [9.17, 15) is 19.1 Å². The smallest absolute Gasteiger partial charge is 0.309 e. The number of carboxylic acid groups (broad SMARTS) is 1. The first kappa shape index (κ1) is 19.6. The number of carbonyl (C=O) groups excluding carboxylic acids is 1. The highest BCUT2D eigenvalue weighted by Crippen LogP contribution is 2.44. The van der Waals surface area contributed by atoms with Gasteiger partial charge in [-0.2, -0.15) is 0 Å². The third-order valence-electron chi connectivity index (χ3n) is 6.68. The summed E-state index contributed by atoms with van der Waals surface area (Å²) >= 11 is 0. The Balaban J connectivity index is 1.51. The van der Waals surface area contributed by atoms with E-state index < -0.39 is 11.4 Å². The lowest BCUT2D eigenvalue weighted by molar-refractivity contribution is -0.153. The summed E-state index contributed by atoms with van der Waals surface area (Å²) in [4.78, 5) is 27.0. The third-order valence-corrected chi connectivity index (χ3v) is 6.68. The molecule has 2 aromatic carbocycles. The largest absolute Gasteiger partial charge is 0.481 e. The van der Waals surface area contributed by atoms with Gasteiger partial charge in [-0.05, 0) is 54.5 Å². The zero-order valence-corrected chi connectivity index (χ0v) is 16.4.